The molecule has 6 heteroatoms. The van der Waals surface area contributed by atoms with Crippen LogP contribution in [0.25, 0.3) is 6.08 Å². The van der Waals surface area contributed by atoms with Gasteiger partial charge in [-0.2, -0.15) is 13.2 Å². The minimum atomic E-state index is -4.75. The molecule has 1 aliphatic heterocycles. The van der Waals surface area contributed by atoms with Gasteiger partial charge in [0, 0.05) is 10.0 Å². The van der Waals surface area contributed by atoms with Gasteiger partial charge in [-0.15, -0.1) is 0 Å². The van der Waals surface area contributed by atoms with Crippen molar-refractivity contribution in [1.29, 1.82) is 0 Å². The Bertz CT molecular complexity index is 783. The summed E-state index contributed by atoms with van der Waals surface area (Å²) in [6, 6.07) is 14.8. The van der Waals surface area contributed by atoms with Crippen LogP contribution in [0.5, 0.6) is 0 Å². The monoisotopic (exact) mass is 412 g/mol. The third-order valence-corrected chi connectivity index (χ3v) is 4.47. The molecular weight excluding hydrogens is 397 g/mol. The number of benzene rings is 2. The molecule has 1 atom stereocenters. The Morgan fingerprint density at radius 2 is 1.56 bits per heavy atom. The van der Waals surface area contributed by atoms with Crippen molar-refractivity contribution in [3.63, 3.8) is 0 Å². The fraction of sp³-hybridized carbons (Fsp3) is 0.263. The second kappa shape index (κ2) is 6.18. The molecule has 132 valence electrons. The highest BCUT2D eigenvalue weighted by atomic mass is 79.9. The van der Waals surface area contributed by atoms with Crippen LogP contribution in [0.2, 0.25) is 0 Å². The lowest BCUT2D eigenvalue weighted by Gasteiger charge is -2.30. The summed E-state index contributed by atoms with van der Waals surface area (Å²) >= 11 is 3.23. The minimum Gasteiger partial charge on any atom is -0.451 e. The summed E-state index contributed by atoms with van der Waals surface area (Å²) in [4.78, 5) is 0. The van der Waals surface area contributed by atoms with Gasteiger partial charge in [0.1, 0.15) is 11.4 Å². The summed E-state index contributed by atoms with van der Waals surface area (Å²) in [6.45, 7) is 3.13. The van der Waals surface area contributed by atoms with E-state index in [1.807, 2.05) is 6.07 Å². The zero-order valence-electron chi connectivity index (χ0n) is 13.6. The van der Waals surface area contributed by atoms with Gasteiger partial charge in [-0.3, -0.25) is 0 Å². The third-order valence-electron chi connectivity index (χ3n) is 3.94. The number of alkyl halides is 3. The normalized spacial score (nSPS) is 24.3. The van der Waals surface area contributed by atoms with Gasteiger partial charge in [0.05, 0.1) is 0 Å². The third kappa shape index (κ3) is 3.33. The highest BCUT2D eigenvalue weighted by Gasteiger charge is 2.67. The highest BCUT2D eigenvalue weighted by molar-refractivity contribution is 9.10. The first-order chi connectivity index (χ1) is 11.6. The van der Waals surface area contributed by atoms with Crippen molar-refractivity contribution < 1.29 is 22.6 Å². The van der Waals surface area contributed by atoms with Crippen LogP contribution in [0, 0.1) is 0 Å². The van der Waals surface area contributed by atoms with E-state index in [1.165, 1.54) is 24.3 Å². The van der Waals surface area contributed by atoms with Crippen molar-refractivity contribution in [1.82, 2.24) is 0 Å². The number of rotatable bonds is 2. The molecule has 2 aromatic rings. The Morgan fingerprint density at radius 3 is 2.12 bits per heavy atom. The quantitative estimate of drug-likeness (QED) is 0.599. The zero-order chi connectivity index (χ0) is 18.3. The van der Waals surface area contributed by atoms with E-state index in [-0.39, 0.29) is 11.3 Å². The lowest BCUT2D eigenvalue weighted by Crippen LogP contribution is -2.44. The summed E-state index contributed by atoms with van der Waals surface area (Å²) in [5.41, 5.74) is -0.603. The van der Waals surface area contributed by atoms with Crippen molar-refractivity contribution in [2.45, 2.75) is 31.4 Å². The Balaban J connectivity index is 2.10. The van der Waals surface area contributed by atoms with Gasteiger partial charge in [0.15, 0.2) is 0 Å². The van der Waals surface area contributed by atoms with Crippen molar-refractivity contribution in [2.75, 3.05) is 0 Å². The van der Waals surface area contributed by atoms with Gasteiger partial charge in [-0.05, 0) is 37.6 Å². The summed E-state index contributed by atoms with van der Waals surface area (Å²) in [5, 5.41) is 0. The van der Waals surface area contributed by atoms with Gasteiger partial charge in [0.25, 0.3) is 0 Å². The Hall–Kier alpha value is -1.79. The fourth-order valence-electron chi connectivity index (χ4n) is 2.68. The van der Waals surface area contributed by atoms with Crippen LogP contribution in [0.3, 0.4) is 0 Å². The molecule has 0 aromatic heterocycles. The summed E-state index contributed by atoms with van der Waals surface area (Å²) in [6.07, 6.45) is -3.17. The van der Waals surface area contributed by atoms with E-state index in [0.29, 0.717) is 4.47 Å². The van der Waals surface area contributed by atoms with Crippen molar-refractivity contribution in [3.8, 4) is 0 Å². The number of hydrogen-bond acceptors (Lipinski definition) is 2. The van der Waals surface area contributed by atoms with E-state index in [9.17, 15) is 13.2 Å². The van der Waals surface area contributed by atoms with Gasteiger partial charge in [0.2, 0.25) is 0 Å². The molecular formula is C19H16BrF3O2. The topological polar surface area (TPSA) is 18.5 Å². The molecule has 1 saturated heterocycles. The lowest BCUT2D eigenvalue weighted by molar-refractivity contribution is -0.360. The first-order valence-electron chi connectivity index (χ1n) is 7.63. The predicted molar refractivity (Wildman–Crippen MR) is 92.5 cm³/mol. The summed E-state index contributed by atoms with van der Waals surface area (Å²) < 4.78 is 53.5. The van der Waals surface area contributed by atoms with Gasteiger partial charge >= 0.3 is 12.0 Å². The zero-order valence-corrected chi connectivity index (χ0v) is 15.2. The molecule has 25 heavy (non-hydrogen) atoms. The second-order valence-electron chi connectivity index (χ2n) is 6.25. The maximum Gasteiger partial charge on any atom is 0.460 e. The fourth-order valence-corrected chi connectivity index (χ4v) is 2.94. The molecule has 0 amide bonds. The maximum absolute atomic E-state index is 14.0. The average Bonchev–Trinajstić information content (AvgIpc) is 2.81. The molecule has 0 aliphatic carbocycles. The number of ether oxygens (including phenoxy) is 2. The van der Waals surface area contributed by atoms with Gasteiger partial charge in [-0.25, -0.2) is 0 Å². The molecule has 1 fully saturated rings. The maximum atomic E-state index is 14.0. The molecule has 3 rings (SSSR count). The van der Waals surface area contributed by atoms with E-state index < -0.39 is 17.6 Å². The van der Waals surface area contributed by atoms with E-state index in [0.717, 1.165) is 5.56 Å². The lowest BCUT2D eigenvalue weighted by atomic mass is 10.0. The molecule has 2 aromatic carbocycles. The molecule has 0 saturated carbocycles. The average molecular weight is 413 g/mol. The first-order valence-corrected chi connectivity index (χ1v) is 8.42. The van der Waals surface area contributed by atoms with Crippen LogP contribution in [0.1, 0.15) is 25.0 Å². The van der Waals surface area contributed by atoms with Crippen molar-refractivity contribution in [2.24, 2.45) is 0 Å². The molecule has 0 unspecified atom stereocenters. The van der Waals surface area contributed by atoms with Crippen molar-refractivity contribution in [3.05, 3.63) is 76.0 Å². The largest absolute Gasteiger partial charge is 0.460 e. The second-order valence-corrected chi connectivity index (χ2v) is 7.17. The van der Waals surface area contributed by atoms with E-state index in [4.69, 9.17) is 9.47 Å². The summed E-state index contributed by atoms with van der Waals surface area (Å²) in [5.74, 6) is -2.71. The number of hydrogen-bond donors (Lipinski definition) is 0. The molecule has 1 aliphatic rings. The highest BCUT2D eigenvalue weighted by Crippen LogP contribution is 2.54. The molecule has 0 radical (unpaired) electrons. The van der Waals surface area contributed by atoms with Crippen LogP contribution >= 0.6 is 15.9 Å². The van der Waals surface area contributed by atoms with Gasteiger partial charge in [-0.1, -0.05) is 58.4 Å². The van der Waals surface area contributed by atoms with Crippen LogP contribution in [-0.2, 0) is 15.3 Å². The van der Waals surface area contributed by atoms with E-state index in [1.54, 1.807) is 44.2 Å². The predicted octanol–water partition coefficient (Wildman–Crippen LogP) is 6.03. The van der Waals surface area contributed by atoms with Crippen molar-refractivity contribution >= 4 is 22.0 Å². The molecule has 1 heterocycles. The standard InChI is InChI=1S/C19H16BrF3O2/c1-17(2)16(12-13-6-4-3-5-7-13)24-18(25-17,19(21,22)23)14-8-10-15(20)11-9-14/h3-12H,1-2H3/b16-12-/t18-/m0/s1. The van der Waals surface area contributed by atoms with E-state index in [2.05, 4.69) is 15.9 Å². The Kier molecular flexibility index (Phi) is 4.45. The van der Waals surface area contributed by atoms with Crippen LogP contribution in [0.4, 0.5) is 13.2 Å². The SMILES string of the molecule is CC1(C)O[C@@](c2ccc(Br)cc2)(C(F)(F)F)O/C1=C\c1ccccc1. The van der Waals surface area contributed by atoms with Crippen LogP contribution < -0.4 is 0 Å². The Labute approximate surface area is 152 Å². The Morgan fingerprint density at radius 1 is 0.960 bits per heavy atom. The van der Waals surface area contributed by atoms with Crippen LogP contribution in [0.15, 0.2) is 64.8 Å². The minimum absolute atomic E-state index is 0.104. The van der Waals surface area contributed by atoms with E-state index >= 15 is 0 Å². The van der Waals surface area contributed by atoms with Crippen LogP contribution in [-0.4, -0.2) is 11.8 Å². The molecule has 0 spiro atoms. The number of halogens is 4. The molecule has 2 nitrogen and oxygen atoms in total. The molecule has 0 bridgehead atoms. The smallest absolute Gasteiger partial charge is 0.451 e. The summed E-state index contributed by atoms with van der Waals surface area (Å²) in [7, 11) is 0. The van der Waals surface area contributed by atoms with Gasteiger partial charge < -0.3 is 9.47 Å². The first kappa shape index (κ1) is 18.0. The molecule has 0 N–H and O–H groups in total.